The van der Waals surface area contributed by atoms with Crippen molar-refractivity contribution in [3.05, 3.63) is 57.9 Å². The molecule has 0 aliphatic rings. The molecule has 0 aliphatic heterocycles. The number of amides is 1. The van der Waals surface area contributed by atoms with Gasteiger partial charge in [0.1, 0.15) is 0 Å². The van der Waals surface area contributed by atoms with Crippen molar-refractivity contribution in [3.63, 3.8) is 0 Å². The molecule has 0 bridgehead atoms. The molecule has 0 spiro atoms. The van der Waals surface area contributed by atoms with Crippen LogP contribution in [0.2, 0.25) is 5.02 Å². The van der Waals surface area contributed by atoms with Gasteiger partial charge in [0.05, 0.1) is 12.2 Å². The molecule has 0 atom stereocenters. The molecule has 1 aromatic carbocycles. The molecule has 6 nitrogen and oxygen atoms in total. The van der Waals surface area contributed by atoms with E-state index in [-0.39, 0.29) is 18.6 Å². The van der Waals surface area contributed by atoms with Crippen LogP contribution in [-0.4, -0.2) is 34.3 Å². The van der Waals surface area contributed by atoms with E-state index in [0.29, 0.717) is 11.6 Å². The number of nitrogens with zero attached hydrogens (tertiary/aromatic N) is 2. The predicted octanol–water partition coefficient (Wildman–Crippen LogP) is 3.28. The molecule has 7 heteroatoms. The van der Waals surface area contributed by atoms with Gasteiger partial charge in [-0.25, -0.2) is 4.79 Å². The summed E-state index contributed by atoms with van der Waals surface area (Å²) < 4.78 is 6.79. The van der Waals surface area contributed by atoms with Gasteiger partial charge in [0.25, 0.3) is 5.91 Å². The maximum atomic E-state index is 11.8. The van der Waals surface area contributed by atoms with Crippen molar-refractivity contribution >= 4 is 29.6 Å². The number of carbonyl (C=O) groups is 2. The number of benzene rings is 1. The number of aromatic nitrogens is 2. The Bertz CT molecular complexity index is 856. The fraction of sp³-hybridized carbons (Fsp3) is 0.350. The third-order valence-electron chi connectivity index (χ3n) is 3.90. The molecule has 1 amide bonds. The van der Waals surface area contributed by atoms with Gasteiger partial charge in [-0.05, 0) is 45.4 Å². The molecule has 0 saturated carbocycles. The first-order chi connectivity index (χ1) is 12.8. The van der Waals surface area contributed by atoms with Crippen molar-refractivity contribution in [2.24, 2.45) is 0 Å². The van der Waals surface area contributed by atoms with Crippen molar-refractivity contribution in [2.75, 3.05) is 6.61 Å². The first kappa shape index (κ1) is 20.7. The SMILES string of the molecule is Cc1nn(Cc2ccccc2Cl)c(C)c1/C=C/C(=O)OCC(=O)NC(C)C. The van der Waals surface area contributed by atoms with E-state index in [1.807, 2.05) is 56.6 Å². The Morgan fingerprint density at radius 2 is 2.00 bits per heavy atom. The Morgan fingerprint density at radius 3 is 2.67 bits per heavy atom. The van der Waals surface area contributed by atoms with E-state index < -0.39 is 5.97 Å². The van der Waals surface area contributed by atoms with Gasteiger partial charge in [0.2, 0.25) is 0 Å². The standard InChI is InChI=1S/C20H24ClN3O3/c1-13(2)22-19(25)12-27-20(26)10-9-17-14(3)23-24(15(17)4)11-16-7-5-6-8-18(16)21/h5-10,13H,11-12H2,1-4H3,(H,22,25)/b10-9+. The number of hydrogen-bond donors (Lipinski definition) is 1. The third kappa shape index (κ3) is 5.96. The summed E-state index contributed by atoms with van der Waals surface area (Å²) in [7, 11) is 0. The zero-order chi connectivity index (χ0) is 20.0. The molecule has 27 heavy (non-hydrogen) atoms. The molecule has 2 aromatic rings. The highest BCUT2D eigenvalue weighted by molar-refractivity contribution is 6.31. The molecule has 0 aliphatic carbocycles. The lowest BCUT2D eigenvalue weighted by Gasteiger charge is -2.07. The largest absolute Gasteiger partial charge is 0.452 e. The smallest absolute Gasteiger partial charge is 0.331 e. The summed E-state index contributed by atoms with van der Waals surface area (Å²) in [6, 6.07) is 7.61. The second-order valence-electron chi connectivity index (χ2n) is 6.50. The van der Waals surface area contributed by atoms with Crippen LogP contribution in [0.3, 0.4) is 0 Å². The lowest BCUT2D eigenvalue weighted by Crippen LogP contribution is -2.33. The van der Waals surface area contributed by atoms with E-state index in [2.05, 4.69) is 10.4 Å². The predicted molar refractivity (Wildman–Crippen MR) is 106 cm³/mol. The minimum absolute atomic E-state index is 0.000926. The van der Waals surface area contributed by atoms with Crippen molar-refractivity contribution in [2.45, 2.75) is 40.3 Å². The molecule has 0 fully saturated rings. The van der Waals surface area contributed by atoms with Gasteiger partial charge >= 0.3 is 5.97 Å². The molecule has 0 unspecified atom stereocenters. The van der Waals surface area contributed by atoms with Gasteiger partial charge in [-0.3, -0.25) is 9.48 Å². The Morgan fingerprint density at radius 1 is 1.30 bits per heavy atom. The Labute approximate surface area is 164 Å². The number of carbonyl (C=O) groups excluding carboxylic acids is 2. The number of aryl methyl sites for hydroxylation is 1. The van der Waals surface area contributed by atoms with Crippen LogP contribution in [-0.2, 0) is 20.9 Å². The molecule has 2 rings (SSSR count). The Kier molecular flexibility index (Phi) is 7.19. The fourth-order valence-electron chi connectivity index (χ4n) is 2.59. The second-order valence-corrected chi connectivity index (χ2v) is 6.90. The van der Waals surface area contributed by atoms with Crippen LogP contribution in [0.4, 0.5) is 0 Å². The van der Waals surface area contributed by atoms with E-state index in [1.165, 1.54) is 6.08 Å². The molecule has 1 aromatic heterocycles. The van der Waals surface area contributed by atoms with E-state index in [1.54, 1.807) is 6.08 Å². The highest BCUT2D eigenvalue weighted by Crippen LogP contribution is 2.20. The van der Waals surface area contributed by atoms with Crippen molar-refractivity contribution in [1.82, 2.24) is 15.1 Å². The lowest BCUT2D eigenvalue weighted by atomic mass is 10.1. The van der Waals surface area contributed by atoms with Gasteiger partial charge < -0.3 is 10.1 Å². The summed E-state index contributed by atoms with van der Waals surface area (Å²) in [5, 5.41) is 7.86. The number of nitrogens with one attached hydrogen (secondary N) is 1. The number of halogens is 1. The summed E-state index contributed by atoms with van der Waals surface area (Å²) in [5.41, 5.74) is 3.51. The van der Waals surface area contributed by atoms with Crippen molar-refractivity contribution < 1.29 is 14.3 Å². The number of rotatable bonds is 7. The van der Waals surface area contributed by atoms with Crippen LogP contribution in [0, 0.1) is 13.8 Å². The summed E-state index contributed by atoms with van der Waals surface area (Å²) in [6.07, 6.45) is 2.96. The van der Waals surface area contributed by atoms with E-state index in [4.69, 9.17) is 16.3 Å². The number of hydrogen-bond acceptors (Lipinski definition) is 4. The molecular formula is C20H24ClN3O3. The molecule has 0 saturated heterocycles. The Balaban J connectivity index is 2.03. The van der Waals surface area contributed by atoms with Gasteiger partial charge in [-0.1, -0.05) is 29.8 Å². The maximum Gasteiger partial charge on any atom is 0.331 e. The second kappa shape index (κ2) is 9.37. The average Bonchev–Trinajstić information content (AvgIpc) is 2.86. The minimum atomic E-state index is -0.577. The van der Waals surface area contributed by atoms with Crippen LogP contribution < -0.4 is 5.32 Å². The third-order valence-corrected chi connectivity index (χ3v) is 4.27. The van der Waals surface area contributed by atoms with Crippen molar-refractivity contribution in [1.29, 1.82) is 0 Å². The van der Waals surface area contributed by atoms with Crippen LogP contribution in [0.25, 0.3) is 6.08 Å². The van der Waals surface area contributed by atoms with Crippen LogP contribution in [0.15, 0.2) is 30.3 Å². The first-order valence-corrected chi connectivity index (χ1v) is 9.07. The molecule has 0 radical (unpaired) electrons. The van der Waals surface area contributed by atoms with Gasteiger partial charge in [0, 0.05) is 28.4 Å². The lowest BCUT2D eigenvalue weighted by molar-refractivity contribution is -0.143. The zero-order valence-corrected chi connectivity index (χ0v) is 16.7. The van der Waals surface area contributed by atoms with E-state index in [9.17, 15) is 9.59 Å². The van der Waals surface area contributed by atoms with E-state index in [0.717, 1.165) is 22.5 Å². The number of ether oxygens (including phenoxy) is 1. The molecule has 1 N–H and O–H groups in total. The summed E-state index contributed by atoms with van der Waals surface area (Å²) >= 11 is 6.22. The highest BCUT2D eigenvalue weighted by Gasteiger charge is 2.12. The molecule has 144 valence electrons. The quantitative estimate of drug-likeness (QED) is 0.582. The van der Waals surface area contributed by atoms with Crippen LogP contribution >= 0.6 is 11.6 Å². The van der Waals surface area contributed by atoms with Gasteiger partial charge in [-0.2, -0.15) is 5.10 Å². The summed E-state index contributed by atoms with van der Waals surface area (Å²) in [6.45, 7) is 7.72. The summed E-state index contributed by atoms with van der Waals surface area (Å²) in [5.74, 6) is -0.904. The average molecular weight is 390 g/mol. The topological polar surface area (TPSA) is 73.2 Å². The van der Waals surface area contributed by atoms with Crippen molar-refractivity contribution in [3.8, 4) is 0 Å². The first-order valence-electron chi connectivity index (χ1n) is 8.69. The minimum Gasteiger partial charge on any atom is -0.452 e. The monoisotopic (exact) mass is 389 g/mol. The number of esters is 1. The maximum absolute atomic E-state index is 11.8. The van der Waals surface area contributed by atoms with Gasteiger partial charge in [-0.15, -0.1) is 0 Å². The van der Waals surface area contributed by atoms with Crippen LogP contribution in [0.1, 0.15) is 36.4 Å². The van der Waals surface area contributed by atoms with Crippen LogP contribution in [0.5, 0.6) is 0 Å². The Hall–Kier alpha value is -2.60. The summed E-state index contributed by atoms with van der Waals surface area (Å²) in [4.78, 5) is 23.3. The normalized spacial score (nSPS) is 11.2. The molecule has 1 heterocycles. The molecular weight excluding hydrogens is 366 g/mol. The van der Waals surface area contributed by atoms with Gasteiger partial charge in [0.15, 0.2) is 6.61 Å². The highest BCUT2D eigenvalue weighted by atomic mass is 35.5. The fourth-order valence-corrected chi connectivity index (χ4v) is 2.79. The van der Waals surface area contributed by atoms with E-state index >= 15 is 0 Å². The zero-order valence-electron chi connectivity index (χ0n) is 16.0.